The molecule has 1 N–H and O–H groups in total. The molecule has 0 spiro atoms. The second-order valence-electron chi connectivity index (χ2n) is 7.40. The molecule has 1 aliphatic heterocycles. The third kappa shape index (κ3) is 4.23. The highest BCUT2D eigenvalue weighted by Gasteiger charge is 2.26. The van der Waals surface area contributed by atoms with E-state index in [1.54, 1.807) is 41.3 Å². The number of aryl methyl sites for hydroxylation is 1. The number of benzene rings is 3. The average Bonchev–Trinajstić information content (AvgIpc) is 2.81. The van der Waals surface area contributed by atoms with E-state index >= 15 is 0 Å². The molecule has 0 radical (unpaired) electrons. The fourth-order valence-corrected chi connectivity index (χ4v) is 3.59. The van der Waals surface area contributed by atoms with Crippen LogP contribution in [0.2, 0.25) is 0 Å². The van der Waals surface area contributed by atoms with E-state index in [1.165, 1.54) is 14.2 Å². The van der Waals surface area contributed by atoms with E-state index in [0.29, 0.717) is 40.7 Å². The van der Waals surface area contributed by atoms with Crippen LogP contribution in [-0.2, 0) is 11.3 Å². The molecule has 0 saturated carbocycles. The van der Waals surface area contributed by atoms with Gasteiger partial charge in [0, 0.05) is 11.3 Å². The normalized spacial score (nSPS) is 12.6. The van der Waals surface area contributed by atoms with Crippen molar-refractivity contribution < 1.29 is 23.8 Å². The first-order valence-electron chi connectivity index (χ1n) is 10.1. The smallest absolute Gasteiger partial charge is 0.265 e. The number of carbonyl (C=O) groups is 2. The van der Waals surface area contributed by atoms with Crippen LogP contribution in [0.3, 0.4) is 0 Å². The summed E-state index contributed by atoms with van der Waals surface area (Å²) in [6.45, 7) is 2.42. The number of methoxy groups -OCH3 is 2. The van der Waals surface area contributed by atoms with Crippen LogP contribution in [0.4, 0.5) is 11.4 Å². The third-order valence-electron chi connectivity index (χ3n) is 5.40. The summed E-state index contributed by atoms with van der Waals surface area (Å²) < 4.78 is 16.1. The summed E-state index contributed by atoms with van der Waals surface area (Å²) in [6, 6.07) is 18.2. The minimum atomic E-state index is -0.306. The molecule has 1 heterocycles. The highest BCUT2D eigenvalue weighted by atomic mass is 16.5. The zero-order chi connectivity index (χ0) is 22.7. The Morgan fingerprint density at radius 3 is 2.56 bits per heavy atom. The Kier molecular flexibility index (Phi) is 5.98. The fourth-order valence-electron chi connectivity index (χ4n) is 3.59. The second-order valence-corrected chi connectivity index (χ2v) is 7.40. The van der Waals surface area contributed by atoms with Crippen molar-refractivity contribution in [2.75, 3.05) is 31.0 Å². The van der Waals surface area contributed by atoms with Crippen LogP contribution >= 0.6 is 0 Å². The molecule has 0 atom stereocenters. The Hall–Kier alpha value is -4.00. The molecule has 3 aromatic carbocycles. The van der Waals surface area contributed by atoms with E-state index in [1.807, 2.05) is 31.2 Å². The van der Waals surface area contributed by atoms with Crippen molar-refractivity contribution >= 4 is 23.2 Å². The molecule has 0 bridgehead atoms. The SMILES string of the molecule is COc1ccc(C(=O)Nc2ccc3c(c2)N(Cc2ccccc2C)C(=O)CO3)cc1OC. The van der Waals surface area contributed by atoms with Crippen LogP contribution in [0, 0.1) is 6.92 Å². The largest absolute Gasteiger partial charge is 0.493 e. The standard InChI is InChI=1S/C25H24N2O5/c1-16-6-4-5-7-18(16)14-27-20-13-19(9-11-21(20)32-15-24(27)28)26-25(29)17-8-10-22(30-2)23(12-17)31-3/h4-13H,14-15H2,1-3H3,(H,26,29). The van der Waals surface area contributed by atoms with Crippen LogP contribution in [-0.4, -0.2) is 32.6 Å². The number of fused-ring (bicyclic) bond motifs is 1. The molecule has 4 rings (SSSR count). The van der Waals surface area contributed by atoms with E-state index in [0.717, 1.165) is 11.1 Å². The van der Waals surface area contributed by atoms with Gasteiger partial charge in [0.25, 0.3) is 11.8 Å². The molecule has 0 fully saturated rings. The highest BCUT2D eigenvalue weighted by molar-refractivity contribution is 6.05. The van der Waals surface area contributed by atoms with Crippen LogP contribution in [0.25, 0.3) is 0 Å². The molecular weight excluding hydrogens is 408 g/mol. The van der Waals surface area contributed by atoms with Crippen LogP contribution in [0.15, 0.2) is 60.7 Å². The molecule has 164 valence electrons. The molecule has 0 saturated heterocycles. The number of anilines is 2. The predicted octanol–water partition coefficient (Wildman–Crippen LogP) is 4.19. The number of amides is 2. The number of nitrogens with one attached hydrogen (secondary N) is 1. The number of rotatable bonds is 6. The summed E-state index contributed by atoms with van der Waals surface area (Å²) in [6.07, 6.45) is 0. The summed E-state index contributed by atoms with van der Waals surface area (Å²) in [5.41, 5.74) is 3.75. The molecule has 0 aromatic heterocycles. The number of nitrogens with zero attached hydrogens (tertiary/aromatic N) is 1. The van der Waals surface area contributed by atoms with E-state index in [4.69, 9.17) is 14.2 Å². The molecule has 1 aliphatic rings. The van der Waals surface area contributed by atoms with Gasteiger partial charge in [-0.05, 0) is 54.4 Å². The van der Waals surface area contributed by atoms with Crippen molar-refractivity contribution in [1.29, 1.82) is 0 Å². The van der Waals surface area contributed by atoms with Crippen molar-refractivity contribution in [3.63, 3.8) is 0 Å². The van der Waals surface area contributed by atoms with Gasteiger partial charge in [-0.2, -0.15) is 0 Å². The summed E-state index contributed by atoms with van der Waals surface area (Å²) >= 11 is 0. The summed E-state index contributed by atoms with van der Waals surface area (Å²) in [4.78, 5) is 27.1. The first-order valence-corrected chi connectivity index (χ1v) is 10.1. The quantitative estimate of drug-likeness (QED) is 0.632. The summed E-state index contributed by atoms with van der Waals surface area (Å²) in [7, 11) is 3.06. The zero-order valence-electron chi connectivity index (χ0n) is 18.2. The van der Waals surface area contributed by atoms with Crippen LogP contribution < -0.4 is 24.4 Å². The fraction of sp³-hybridized carbons (Fsp3) is 0.200. The second kappa shape index (κ2) is 9.01. The number of hydrogen-bond acceptors (Lipinski definition) is 5. The summed E-state index contributed by atoms with van der Waals surface area (Å²) in [5.74, 6) is 1.17. The topological polar surface area (TPSA) is 77.1 Å². The minimum Gasteiger partial charge on any atom is -0.493 e. The van der Waals surface area contributed by atoms with Gasteiger partial charge in [0.1, 0.15) is 5.75 Å². The van der Waals surface area contributed by atoms with E-state index in [-0.39, 0.29) is 18.4 Å². The Bertz CT molecular complexity index is 1170. The maximum atomic E-state index is 12.8. The number of ether oxygens (including phenoxy) is 3. The Morgan fingerprint density at radius 2 is 1.81 bits per heavy atom. The average molecular weight is 432 g/mol. The van der Waals surface area contributed by atoms with Gasteiger partial charge in [0.05, 0.1) is 26.5 Å². The Balaban J connectivity index is 1.60. The van der Waals surface area contributed by atoms with Crippen molar-refractivity contribution in [3.05, 3.63) is 77.4 Å². The number of carbonyl (C=O) groups excluding carboxylic acids is 2. The monoisotopic (exact) mass is 432 g/mol. The highest BCUT2D eigenvalue weighted by Crippen LogP contribution is 2.36. The van der Waals surface area contributed by atoms with Gasteiger partial charge in [-0.1, -0.05) is 24.3 Å². The Morgan fingerprint density at radius 1 is 1.03 bits per heavy atom. The van der Waals surface area contributed by atoms with Crippen LogP contribution in [0.5, 0.6) is 17.2 Å². The molecule has 2 amide bonds. The summed E-state index contributed by atoms with van der Waals surface area (Å²) in [5, 5.41) is 2.88. The molecular formula is C25H24N2O5. The van der Waals surface area contributed by atoms with Crippen molar-refractivity contribution in [1.82, 2.24) is 0 Å². The van der Waals surface area contributed by atoms with Gasteiger partial charge in [0.15, 0.2) is 18.1 Å². The van der Waals surface area contributed by atoms with Gasteiger partial charge in [-0.15, -0.1) is 0 Å². The van der Waals surface area contributed by atoms with Gasteiger partial charge < -0.3 is 24.4 Å². The lowest BCUT2D eigenvalue weighted by molar-refractivity contribution is -0.121. The first kappa shape index (κ1) is 21.2. The van der Waals surface area contributed by atoms with Gasteiger partial charge in [-0.25, -0.2) is 0 Å². The molecule has 3 aromatic rings. The van der Waals surface area contributed by atoms with Gasteiger partial charge in [-0.3, -0.25) is 9.59 Å². The van der Waals surface area contributed by atoms with Crippen molar-refractivity contribution in [2.24, 2.45) is 0 Å². The number of hydrogen-bond donors (Lipinski definition) is 1. The lowest BCUT2D eigenvalue weighted by Gasteiger charge is -2.30. The third-order valence-corrected chi connectivity index (χ3v) is 5.40. The maximum absolute atomic E-state index is 12.8. The Labute approximate surface area is 186 Å². The lowest BCUT2D eigenvalue weighted by Crippen LogP contribution is -2.38. The molecule has 7 nitrogen and oxygen atoms in total. The van der Waals surface area contributed by atoms with E-state index in [9.17, 15) is 9.59 Å². The molecule has 0 unspecified atom stereocenters. The lowest BCUT2D eigenvalue weighted by atomic mass is 10.1. The maximum Gasteiger partial charge on any atom is 0.265 e. The predicted molar refractivity (Wildman–Crippen MR) is 122 cm³/mol. The minimum absolute atomic E-state index is 0.0176. The van der Waals surface area contributed by atoms with Gasteiger partial charge >= 0.3 is 0 Å². The molecule has 0 aliphatic carbocycles. The van der Waals surface area contributed by atoms with Crippen molar-refractivity contribution in [2.45, 2.75) is 13.5 Å². The zero-order valence-corrected chi connectivity index (χ0v) is 18.2. The van der Waals surface area contributed by atoms with E-state index in [2.05, 4.69) is 5.32 Å². The molecule has 32 heavy (non-hydrogen) atoms. The first-order chi connectivity index (χ1) is 15.5. The molecule has 7 heteroatoms. The van der Waals surface area contributed by atoms with Gasteiger partial charge in [0.2, 0.25) is 0 Å². The van der Waals surface area contributed by atoms with E-state index < -0.39 is 0 Å². The van der Waals surface area contributed by atoms with Crippen LogP contribution in [0.1, 0.15) is 21.5 Å². The van der Waals surface area contributed by atoms with Crippen molar-refractivity contribution in [3.8, 4) is 17.2 Å².